The van der Waals surface area contributed by atoms with Crippen LogP contribution in [0.5, 0.6) is 0 Å². The van der Waals surface area contributed by atoms with Gasteiger partial charge < -0.3 is 5.32 Å². The van der Waals surface area contributed by atoms with Crippen LogP contribution in [-0.2, 0) is 0 Å². The molecule has 0 aromatic heterocycles. The molecule has 1 N–H and O–H groups in total. The minimum Gasteiger partial charge on any atom is -0.350 e. The number of benzene rings is 1. The van der Waals surface area contributed by atoms with E-state index in [2.05, 4.69) is 35.1 Å². The molecule has 0 aliphatic rings. The summed E-state index contributed by atoms with van der Waals surface area (Å²) in [7, 11) is 0. The first-order chi connectivity index (χ1) is 8.81. The first-order valence-electron chi connectivity index (χ1n) is 6.06. The molecule has 5 nitrogen and oxygen atoms in total. The number of hydrogen-bond donors (Lipinski definition) is 1. The van der Waals surface area contributed by atoms with Crippen molar-refractivity contribution in [3.8, 4) is 0 Å². The summed E-state index contributed by atoms with van der Waals surface area (Å²) in [5.74, 6) is 0.193. The lowest BCUT2D eigenvalue weighted by molar-refractivity contribution is -0.385. The van der Waals surface area contributed by atoms with Crippen molar-refractivity contribution < 1.29 is 9.72 Å². The second kappa shape index (κ2) is 6.65. The number of nitrogens with zero attached hydrogens (tertiary/aromatic N) is 1. The van der Waals surface area contributed by atoms with E-state index in [0.29, 0.717) is 16.0 Å². The van der Waals surface area contributed by atoms with Gasteiger partial charge in [0.05, 0.1) is 9.40 Å². The molecule has 104 valence electrons. The molecule has 1 rings (SSSR count). The number of nitro groups is 1. The molecule has 1 aromatic rings. The number of nitrogens with one attached hydrogen (secondary N) is 1. The largest absolute Gasteiger partial charge is 0.350 e. The van der Waals surface area contributed by atoms with Crippen molar-refractivity contribution in [3.05, 3.63) is 38.3 Å². The van der Waals surface area contributed by atoms with Gasteiger partial charge in [-0.15, -0.1) is 0 Å². The van der Waals surface area contributed by atoms with Crippen LogP contribution in [0.2, 0.25) is 0 Å². The molecule has 1 aromatic carbocycles. The monoisotopic (exact) mass is 328 g/mol. The van der Waals surface area contributed by atoms with Crippen LogP contribution in [-0.4, -0.2) is 16.9 Å². The summed E-state index contributed by atoms with van der Waals surface area (Å²) in [6.07, 6.45) is 0.865. The van der Waals surface area contributed by atoms with Crippen LogP contribution in [0.3, 0.4) is 0 Å². The highest BCUT2D eigenvalue weighted by Crippen LogP contribution is 2.25. The molecule has 1 unspecified atom stereocenters. The quantitative estimate of drug-likeness (QED) is 0.663. The predicted molar refractivity (Wildman–Crippen MR) is 77.2 cm³/mol. The van der Waals surface area contributed by atoms with Crippen LogP contribution in [0.1, 0.15) is 37.6 Å². The molecular formula is C13H17BrN2O3. The summed E-state index contributed by atoms with van der Waals surface area (Å²) >= 11 is 3.09. The minimum absolute atomic E-state index is 0.0372. The van der Waals surface area contributed by atoms with Gasteiger partial charge in [-0.25, -0.2) is 0 Å². The van der Waals surface area contributed by atoms with E-state index in [-0.39, 0.29) is 17.6 Å². The maximum Gasteiger partial charge on any atom is 0.284 e. The molecule has 19 heavy (non-hydrogen) atoms. The first-order valence-corrected chi connectivity index (χ1v) is 6.85. The molecule has 0 saturated carbocycles. The molecule has 0 bridgehead atoms. The predicted octanol–water partition coefficient (Wildman–Crippen LogP) is 3.52. The second-order valence-corrected chi connectivity index (χ2v) is 5.78. The number of carbonyl (C=O) groups is 1. The normalized spacial score (nSPS) is 12.3. The Bertz CT molecular complexity index is 489. The Morgan fingerprint density at radius 1 is 1.42 bits per heavy atom. The summed E-state index contributed by atoms with van der Waals surface area (Å²) in [5, 5.41) is 13.6. The van der Waals surface area contributed by atoms with Crippen LogP contribution in [0.25, 0.3) is 0 Å². The fourth-order valence-corrected chi connectivity index (χ4v) is 2.26. The van der Waals surface area contributed by atoms with Crippen LogP contribution in [0.15, 0.2) is 22.7 Å². The van der Waals surface area contributed by atoms with E-state index in [9.17, 15) is 14.9 Å². The van der Waals surface area contributed by atoms with E-state index in [1.165, 1.54) is 12.1 Å². The van der Waals surface area contributed by atoms with Crippen molar-refractivity contribution in [2.45, 2.75) is 33.2 Å². The molecular weight excluding hydrogens is 312 g/mol. The van der Waals surface area contributed by atoms with Crippen LogP contribution in [0, 0.1) is 16.0 Å². The third-order valence-electron chi connectivity index (χ3n) is 2.61. The molecule has 0 aliphatic heterocycles. The third kappa shape index (κ3) is 4.63. The van der Waals surface area contributed by atoms with Crippen molar-refractivity contribution in [3.63, 3.8) is 0 Å². The van der Waals surface area contributed by atoms with Gasteiger partial charge in [0, 0.05) is 17.7 Å². The molecule has 1 atom stereocenters. The number of amides is 1. The number of rotatable bonds is 5. The highest BCUT2D eigenvalue weighted by Gasteiger charge is 2.17. The summed E-state index contributed by atoms with van der Waals surface area (Å²) in [5.41, 5.74) is 0.190. The number of carbonyl (C=O) groups excluding carboxylic acids is 1. The zero-order valence-electron chi connectivity index (χ0n) is 11.1. The summed E-state index contributed by atoms with van der Waals surface area (Å²) < 4.78 is 0.365. The molecule has 0 heterocycles. The zero-order valence-corrected chi connectivity index (χ0v) is 12.7. The number of nitro benzene ring substituents is 1. The summed E-state index contributed by atoms with van der Waals surface area (Å²) in [6, 6.07) is 4.39. The lowest BCUT2D eigenvalue weighted by Gasteiger charge is -2.15. The molecule has 0 saturated heterocycles. The Morgan fingerprint density at radius 2 is 2.05 bits per heavy atom. The standard InChI is InChI=1S/C13H17BrN2O3/c1-8(2)6-9(3)15-13(17)10-4-5-11(14)12(7-10)16(18)19/h4-5,7-9H,6H2,1-3H3,(H,15,17). The lowest BCUT2D eigenvalue weighted by Crippen LogP contribution is -2.33. The number of halogens is 1. The van der Waals surface area contributed by atoms with Crippen molar-refractivity contribution in [1.29, 1.82) is 0 Å². The maximum absolute atomic E-state index is 12.0. The SMILES string of the molecule is CC(C)CC(C)NC(=O)c1ccc(Br)c([N+](=O)[O-])c1. The molecule has 0 fully saturated rings. The lowest BCUT2D eigenvalue weighted by atomic mass is 10.0. The minimum atomic E-state index is -0.515. The van der Waals surface area contributed by atoms with Gasteiger partial charge >= 0.3 is 0 Å². The van der Waals surface area contributed by atoms with Crippen molar-refractivity contribution in [2.75, 3.05) is 0 Å². The molecule has 0 radical (unpaired) electrons. The summed E-state index contributed by atoms with van der Waals surface area (Å²) in [4.78, 5) is 22.3. The van der Waals surface area contributed by atoms with Crippen molar-refractivity contribution in [2.24, 2.45) is 5.92 Å². The van der Waals surface area contributed by atoms with Gasteiger partial charge in [-0.1, -0.05) is 13.8 Å². The molecule has 1 amide bonds. The Balaban J connectivity index is 2.83. The van der Waals surface area contributed by atoms with Gasteiger partial charge in [0.1, 0.15) is 0 Å². The second-order valence-electron chi connectivity index (χ2n) is 4.93. The Labute approximate surface area is 120 Å². The van der Waals surface area contributed by atoms with Crippen LogP contribution in [0.4, 0.5) is 5.69 Å². The molecule has 6 heteroatoms. The van der Waals surface area contributed by atoms with E-state index in [1.54, 1.807) is 6.07 Å². The highest BCUT2D eigenvalue weighted by atomic mass is 79.9. The Hall–Kier alpha value is -1.43. The third-order valence-corrected chi connectivity index (χ3v) is 3.28. The fraction of sp³-hybridized carbons (Fsp3) is 0.462. The van der Waals surface area contributed by atoms with E-state index in [4.69, 9.17) is 0 Å². The van der Waals surface area contributed by atoms with Crippen molar-refractivity contribution in [1.82, 2.24) is 5.32 Å². The van der Waals surface area contributed by atoms with Crippen LogP contribution < -0.4 is 5.32 Å². The van der Waals surface area contributed by atoms with Gasteiger partial charge in [-0.05, 0) is 47.3 Å². The van der Waals surface area contributed by atoms with Gasteiger partial charge in [0.2, 0.25) is 0 Å². The number of hydrogen-bond acceptors (Lipinski definition) is 3. The van der Waals surface area contributed by atoms with Crippen LogP contribution >= 0.6 is 15.9 Å². The average molecular weight is 329 g/mol. The van der Waals surface area contributed by atoms with Gasteiger partial charge in [-0.3, -0.25) is 14.9 Å². The smallest absolute Gasteiger partial charge is 0.284 e. The van der Waals surface area contributed by atoms with Crippen molar-refractivity contribution >= 4 is 27.5 Å². The Morgan fingerprint density at radius 3 is 2.58 bits per heavy atom. The first kappa shape index (κ1) is 15.6. The average Bonchev–Trinajstić information content (AvgIpc) is 2.27. The fourth-order valence-electron chi connectivity index (χ4n) is 1.87. The topological polar surface area (TPSA) is 72.2 Å². The van der Waals surface area contributed by atoms with E-state index >= 15 is 0 Å². The van der Waals surface area contributed by atoms with E-state index < -0.39 is 4.92 Å². The molecule has 0 spiro atoms. The van der Waals surface area contributed by atoms with Gasteiger partial charge in [0.15, 0.2) is 0 Å². The molecule has 0 aliphatic carbocycles. The zero-order chi connectivity index (χ0) is 14.6. The van der Waals surface area contributed by atoms with E-state index in [1.807, 2.05) is 6.92 Å². The van der Waals surface area contributed by atoms with Gasteiger partial charge in [-0.2, -0.15) is 0 Å². The van der Waals surface area contributed by atoms with E-state index in [0.717, 1.165) is 6.42 Å². The Kier molecular flexibility index (Phi) is 5.47. The van der Waals surface area contributed by atoms with Gasteiger partial charge in [0.25, 0.3) is 11.6 Å². The summed E-state index contributed by atoms with van der Waals surface area (Å²) in [6.45, 7) is 6.07. The maximum atomic E-state index is 12.0. The highest BCUT2D eigenvalue weighted by molar-refractivity contribution is 9.10.